The molecule has 4 nitrogen and oxygen atoms in total. The van der Waals surface area contributed by atoms with E-state index in [9.17, 15) is 0 Å². The van der Waals surface area contributed by atoms with Crippen molar-refractivity contribution < 1.29 is 0 Å². The first kappa shape index (κ1) is 10.9. The third-order valence-corrected chi connectivity index (χ3v) is 3.40. The lowest BCUT2D eigenvalue weighted by molar-refractivity contribution is 0.724. The van der Waals surface area contributed by atoms with Gasteiger partial charge in [0, 0.05) is 19.6 Å². The summed E-state index contributed by atoms with van der Waals surface area (Å²) in [6, 6.07) is 5.82. The van der Waals surface area contributed by atoms with E-state index in [0.717, 1.165) is 49.6 Å². The van der Waals surface area contributed by atoms with Gasteiger partial charge >= 0.3 is 0 Å². The van der Waals surface area contributed by atoms with E-state index in [1.54, 1.807) is 0 Å². The molecule has 0 bridgehead atoms. The van der Waals surface area contributed by atoms with E-state index in [1.165, 1.54) is 0 Å². The molecule has 2 N–H and O–H groups in total. The van der Waals surface area contributed by atoms with Crippen molar-refractivity contribution in [2.75, 3.05) is 31.1 Å². The van der Waals surface area contributed by atoms with Crippen molar-refractivity contribution in [2.24, 2.45) is 0 Å². The highest BCUT2D eigenvalue weighted by molar-refractivity contribution is 6.34. The number of hydrogen-bond acceptors (Lipinski definition) is 3. The highest BCUT2D eigenvalue weighted by Crippen LogP contribution is 2.24. The second-order valence-electron chi connectivity index (χ2n) is 4.29. The molecule has 0 aliphatic carbocycles. The van der Waals surface area contributed by atoms with Gasteiger partial charge in [-0.25, -0.2) is 4.98 Å². The summed E-state index contributed by atoms with van der Waals surface area (Å²) in [4.78, 5) is 10.2. The largest absolute Gasteiger partial charge is 0.341 e. The quantitative estimate of drug-likeness (QED) is 0.814. The molecule has 17 heavy (non-hydrogen) atoms. The zero-order valence-corrected chi connectivity index (χ0v) is 10.3. The van der Waals surface area contributed by atoms with Crippen LogP contribution in [0, 0.1) is 0 Å². The summed E-state index contributed by atoms with van der Waals surface area (Å²) in [6.07, 6.45) is 1.14. The lowest BCUT2D eigenvalue weighted by Gasteiger charge is -2.18. The van der Waals surface area contributed by atoms with E-state index in [2.05, 4.69) is 20.2 Å². The maximum absolute atomic E-state index is 6.13. The predicted octanol–water partition coefficient (Wildman–Crippen LogP) is 2.02. The third kappa shape index (κ3) is 2.10. The van der Waals surface area contributed by atoms with Gasteiger partial charge in [0.25, 0.3) is 0 Å². The number of rotatable bonds is 1. The normalized spacial score (nSPS) is 17.4. The van der Waals surface area contributed by atoms with Gasteiger partial charge in [0.2, 0.25) is 5.95 Å². The first-order valence-electron chi connectivity index (χ1n) is 5.94. The lowest BCUT2D eigenvalue weighted by atomic mass is 10.3. The SMILES string of the molecule is Clc1cccc2[nH]c(N3CCCNCC3)nc12. The second kappa shape index (κ2) is 4.55. The summed E-state index contributed by atoms with van der Waals surface area (Å²) in [5.41, 5.74) is 1.87. The van der Waals surface area contributed by atoms with Crippen LogP contribution in [-0.2, 0) is 0 Å². The highest BCUT2D eigenvalue weighted by Gasteiger charge is 2.14. The summed E-state index contributed by atoms with van der Waals surface area (Å²) in [5, 5.41) is 4.09. The molecule has 1 aromatic carbocycles. The minimum Gasteiger partial charge on any atom is -0.341 e. The molecule has 1 fully saturated rings. The van der Waals surface area contributed by atoms with Gasteiger partial charge in [0.05, 0.1) is 10.5 Å². The monoisotopic (exact) mass is 250 g/mol. The molecule has 1 aliphatic rings. The van der Waals surface area contributed by atoms with Crippen LogP contribution in [0.2, 0.25) is 5.02 Å². The molecule has 1 aromatic heterocycles. The molecule has 0 spiro atoms. The molecule has 90 valence electrons. The number of H-pyrrole nitrogens is 1. The molecule has 0 amide bonds. The fourth-order valence-corrected chi connectivity index (χ4v) is 2.41. The van der Waals surface area contributed by atoms with Crippen molar-refractivity contribution in [3.05, 3.63) is 23.2 Å². The Bertz CT molecular complexity index is 514. The fraction of sp³-hybridized carbons (Fsp3) is 0.417. The Labute approximate surface area is 105 Å². The summed E-state index contributed by atoms with van der Waals surface area (Å²) in [6.45, 7) is 4.10. The zero-order valence-electron chi connectivity index (χ0n) is 9.54. The highest BCUT2D eigenvalue weighted by atomic mass is 35.5. The van der Waals surface area contributed by atoms with Crippen molar-refractivity contribution in [2.45, 2.75) is 6.42 Å². The number of hydrogen-bond donors (Lipinski definition) is 2. The molecule has 3 rings (SSSR count). The van der Waals surface area contributed by atoms with E-state index < -0.39 is 0 Å². The Balaban J connectivity index is 1.96. The van der Waals surface area contributed by atoms with E-state index in [0.29, 0.717) is 5.02 Å². The summed E-state index contributed by atoms with van der Waals surface area (Å²) in [5.74, 6) is 0.928. The number of imidazole rings is 1. The van der Waals surface area contributed by atoms with Crippen LogP contribution in [0.3, 0.4) is 0 Å². The molecular formula is C12H15ClN4. The molecule has 0 radical (unpaired) electrons. The Morgan fingerprint density at radius 3 is 3.06 bits per heavy atom. The van der Waals surface area contributed by atoms with Crippen LogP contribution in [0.1, 0.15) is 6.42 Å². The summed E-state index contributed by atoms with van der Waals surface area (Å²) in [7, 11) is 0. The Kier molecular flexibility index (Phi) is 2.91. The van der Waals surface area contributed by atoms with E-state index in [1.807, 2.05) is 18.2 Å². The van der Waals surface area contributed by atoms with Gasteiger partial charge in [-0.1, -0.05) is 17.7 Å². The minimum absolute atomic E-state index is 0.706. The van der Waals surface area contributed by atoms with Gasteiger partial charge in [0.15, 0.2) is 0 Å². The molecule has 0 saturated carbocycles. The van der Waals surface area contributed by atoms with Crippen LogP contribution in [0.4, 0.5) is 5.95 Å². The number of benzene rings is 1. The predicted molar refractivity (Wildman–Crippen MR) is 70.8 cm³/mol. The summed E-state index contributed by atoms with van der Waals surface area (Å²) < 4.78 is 0. The van der Waals surface area contributed by atoms with Crippen molar-refractivity contribution in [3.63, 3.8) is 0 Å². The van der Waals surface area contributed by atoms with Crippen LogP contribution in [0.5, 0.6) is 0 Å². The molecule has 5 heteroatoms. The second-order valence-corrected chi connectivity index (χ2v) is 4.69. The molecule has 2 aromatic rings. The third-order valence-electron chi connectivity index (χ3n) is 3.09. The van der Waals surface area contributed by atoms with Gasteiger partial charge in [-0.3, -0.25) is 0 Å². The van der Waals surface area contributed by atoms with E-state index in [4.69, 9.17) is 11.6 Å². The van der Waals surface area contributed by atoms with Crippen LogP contribution >= 0.6 is 11.6 Å². The maximum atomic E-state index is 6.13. The molecule has 0 atom stereocenters. The summed E-state index contributed by atoms with van der Waals surface area (Å²) >= 11 is 6.13. The van der Waals surface area contributed by atoms with E-state index >= 15 is 0 Å². The number of aromatic nitrogens is 2. The van der Waals surface area contributed by atoms with Crippen molar-refractivity contribution in [1.29, 1.82) is 0 Å². The number of nitrogens with zero attached hydrogens (tertiary/aromatic N) is 2. The number of nitrogens with one attached hydrogen (secondary N) is 2. The van der Waals surface area contributed by atoms with Crippen LogP contribution in [0.25, 0.3) is 11.0 Å². The number of halogens is 1. The van der Waals surface area contributed by atoms with Crippen LogP contribution < -0.4 is 10.2 Å². The molecule has 0 unspecified atom stereocenters. The molecular weight excluding hydrogens is 236 g/mol. The smallest absolute Gasteiger partial charge is 0.203 e. The Hall–Kier alpha value is -1.26. The Morgan fingerprint density at radius 2 is 2.18 bits per heavy atom. The standard InChI is InChI=1S/C12H15ClN4/c13-9-3-1-4-10-11(9)16-12(15-10)17-7-2-5-14-6-8-17/h1,3-4,14H,2,5-8H2,(H,15,16). The Morgan fingerprint density at radius 1 is 1.24 bits per heavy atom. The van der Waals surface area contributed by atoms with Gasteiger partial charge in [0.1, 0.15) is 5.52 Å². The number of anilines is 1. The lowest BCUT2D eigenvalue weighted by Crippen LogP contribution is -2.28. The van der Waals surface area contributed by atoms with E-state index in [-0.39, 0.29) is 0 Å². The van der Waals surface area contributed by atoms with Crippen LogP contribution in [-0.4, -0.2) is 36.1 Å². The van der Waals surface area contributed by atoms with Crippen molar-refractivity contribution in [3.8, 4) is 0 Å². The first-order chi connectivity index (χ1) is 8.34. The van der Waals surface area contributed by atoms with Crippen LogP contribution in [0.15, 0.2) is 18.2 Å². The molecule has 1 aliphatic heterocycles. The van der Waals surface area contributed by atoms with Crippen molar-refractivity contribution in [1.82, 2.24) is 15.3 Å². The van der Waals surface area contributed by atoms with Gasteiger partial charge in [-0.05, 0) is 25.1 Å². The van der Waals surface area contributed by atoms with Crippen molar-refractivity contribution >= 4 is 28.6 Å². The fourth-order valence-electron chi connectivity index (χ4n) is 2.19. The zero-order chi connectivity index (χ0) is 11.7. The molecule has 1 saturated heterocycles. The maximum Gasteiger partial charge on any atom is 0.203 e. The average molecular weight is 251 g/mol. The van der Waals surface area contributed by atoms with Gasteiger partial charge < -0.3 is 15.2 Å². The molecule has 2 heterocycles. The number of fused-ring (bicyclic) bond motifs is 1. The number of aromatic amines is 1. The topological polar surface area (TPSA) is 44.0 Å². The number of para-hydroxylation sites is 1. The first-order valence-corrected chi connectivity index (χ1v) is 6.32. The van der Waals surface area contributed by atoms with Gasteiger partial charge in [-0.15, -0.1) is 0 Å². The minimum atomic E-state index is 0.706. The van der Waals surface area contributed by atoms with Gasteiger partial charge in [-0.2, -0.15) is 0 Å². The average Bonchev–Trinajstić information content (AvgIpc) is 2.59.